The van der Waals surface area contributed by atoms with Crippen LogP contribution in [0.4, 0.5) is 14.9 Å². The van der Waals surface area contributed by atoms with E-state index in [-0.39, 0.29) is 11.6 Å². The van der Waals surface area contributed by atoms with E-state index in [1.165, 1.54) is 25.0 Å². The zero-order valence-electron chi connectivity index (χ0n) is 13.5. The average molecular weight is 321 g/mol. The molecule has 1 heterocycles. The van der Waals surface area contributed by atoms with Crippen molar-refractivity contribution in [3.05, 3.63) is 29.6 Å². The van der Waals surface area contributed by atoms with E-state index in [9.17, 15) is 14.0 Å². The van der Waals surface area contributed by atoms with Gasteiger partial charge < -0.3 is 16.0 Å². The number of likely N-dealkylation sites (tertiary alicyclic amines) is 1. The highest BCUT2D eigenvalue weighted by atomic mass is 19.1. The van der Waals surface area contributed by atoms with Gasteiger partial charge in [-0.05, 0) is 43.4 Å². The van der Waals surface area contributed by atoms with E-state index in [1.807, 2.05) is 0 Å². The van der Waals surface area contributed by atoms with E-state index < -0.39 is 11.7 Å². The topological polar surface area (TPSA) is 75.4 Å². The number of anilines is 1. The lowest BCUT2D eigenvalue weighted by Gasteiger charge is -2.21. The van der Waals surface area contributed by atoms with Crippen molar-refractivity contribution in [2.75, 3.05) is 18.4 Å². The Morgan fingerprint density at radius 1 is 1.35 bits per heavy atom. The minimum atomic E-state index is -0.851. The molecule has 2 rings (SSSR count). The van der Waals surface area contributed by atoms with Crippen LogP contribution in [0.15, 0.2) is 18.2 Å². The van der Waals surface area contributed by atoms with Crippen LogP contribution in [-0.4, -0.2) is 29.9 Å². The van der Waals surface area contributed by atoms with Gasteiger partial charge in [-0.1, -0.05) is 19.8 Å². The van der Waals surface area contributed by atoms with Gasteiger partial charge in [-0.3, -0.25) is 4.79 Å². The van der Waals surface area contributed by atoms with Crippen LogP contribution in [0.1, 0.15) is 49.4 Å². The predicted octanol–water partition coefficient (Wildman–Crippen LogP) is 3.36. The molecule has 1 atom stereocenters. The molecule has 126 valence electrons. The number of nitrogens with one attached hydrogen (secondary N) is 1. The van der Waals surface area contributed by atoms with Crippen molar-refractivity contribution < 1.29 is 14.0 Å². The molecule has 0 bridgehead atoms. The number of amides is 3. The Morgan fingerprint density at radius 2 is 2.13 bits per heavy atom. The highest BCUT2D eigenvalue weighted by Crippen LogP contribution is 2.22. The van der Waals surface area contributed by atoms with E-state index >= 15 is 0 Å². The SMILES string of the molecule is CCC[C@@H]1CCCN(C(=O)Nc2ccc(F)c(C(N)=O)c2)CC1. The molecule has 1 aromatic carbocycles. The molecule has 1 saturated heterocycles. The van der Waals surface area contributed by atoms with E-state index in [0.29, 0.717) is 11.6 Å². The molecular weight excluding hydrogens is 297 g/mol. The van der Waals surface area contributed by atoms with Gasteiger partial charge in [0.05, 0.1) is 5.56 Å². The smallest absolute Gasteiger partial charge is 0.321 e. The van der Waals surface area contributed by atoms with Gasteiger partial charge >= 0.3 is 6.03 Å². The largest absolute Gasteiger partial charge is 0.366 e. The van der Waals surface area contributed by atoms with Crippen LogP contribution < -0.4 is 11.1 Å². The van der Waals surface area contributed by atoms with Crippen molar-refractivity contribution in [2.45, 2.75) is 39.0 Å². The zero-order valence-corrected chi connectivity index (χ0v) is 13.5. The summed E-state index contributed by atoms with van der Waals surface area (Å²) < 4.78 is 13.5. The Hall–Kier alpha value is -2.11. The van der Waals surface area contributed by atoms with Crippen molar-refractivity contribution in [1.29, 1.82) is 0 Å². The number of carbonyl (C=O) groups is 2. The number of hydrogen-bond donors (Lipinski definition) is 2. The Balaban J connectivity index is 1.99. The van der Waals surface area contributed by atoms with E-state index in [2.05, 4.69) is 12.2 Å². The maximum Gasteiger partial charge on any atom is 0.321 e. The highest BCUT2D eigenvalue weighted by molar-refractivity contribution is 5.96. The van der Waals surface area contributed by atoms with Crippen LogP contribution in [0.25, 0.3) is 0 Å². The minimum Gasteiger partial charge on any atom is -0.366 e. The van der Waals surface area contributed by atoms with Crippen molar-refractivity contribution >= 4 is 17.6 Å². The molecule has 6 heteroatoms. The number of nitrogens with two attached hydrogens (primary N) is 1. The Morgan fingerprint density at radius 3 is 2.83 bits per heavy atom. The standard InChI is InChI=1S/C17H24FN3O2/c1-2-4-12-5-3-9-21(10-8-12)17(23)20-13-6-7-15(18)14(11-13)16(19)22/h6-7,11-12H,2-5,8-10H2,1H3,(H2,19,22)(H,20,23)/t12-/m1/s1. The minimum absolute atomic E-state index is 0.218. The first-order valence-corrected chi connectivity index (χ1v) is 8.16. The van der Waals surface area contributed by atoms with Crippen molar-refractivity contribution in [2.24, 2.45) is 11.7 Å². The molecule has 1 fully saturated rings. The molecule has 1 aromatic rings. The molecule has 3 amide bonds. The van der Waals surface area contributed by atoms with Crippen LogP contribution >= 0.6 is 0 Å². The predicted molar refractivity (Wildman–Crippen MR) is 87.8 cm³/mol. The van der Waals surface area contributed by atoms with Crippen LogP contribution in [0.2, 0.25) is 0 Å². The lowest BCUT2D eigenvalue weighted by Crippen LogP contribution is -2.35. The summed E-state index contributed by atoms with van der Waals surface area (Å²) in [6, 6.07) is 3.62. The maximum atomic E-state index is 13.5. The van der Waals surface area contributed by atoms with Crippen LogP contribution in [0.3, 0.4) is 0 Å². The van der Waals surface area contributed by atoms with Gasteiger partial charge in [0.1, 0.15) is 5.82 Å². The first-order chi connectivity index (χ1) is 11.0. The lowest BCUT2D eigenvalue weighted by molar-refractivity contribution is 0.0996. The summed E-state index contributed by atoms with van der Waals surface area (Å²) in [7, 11) is 0. The van der Waals surface area contributed by atoms with Gasteiger partial charge in [0.15, 0.2) is 0 Å². The summed E-state index contributed by atoms with van der Waals surface area (Å²) in [5, 5.41) is 2.72. The fraction of sp³-hybridized carbons (Fsp3) is 0.529. The molecule has 0 unspecified atom stereocenters. The maximum absolute atomic E-state index is 13.5. The molecule has 0 radical (unpaired) electrons. The highest BCUT2D eigenvalue weighted by Gasteiger charge is 2.20. The van der Waals surface area contributed by atoms with Gasteiger partial charge in [0.25, 0.3) is 5.91 Å². The third kappa shape index (κ3) is 4.68. The summed E-state index contributed by atoms with van der Waals surface area (Å²) in [5.74, 6) is -0.853. The molecule has 1 aliphatic rings. The summed E-state index contributed by atoms with van der Waals surface area (Å²) in [4.78, 5) is 25.3. The second-order valence-electron chi connectivity index (χ2n) is 6.06. The molecule has 0 saturated carbocycles. The first kappa shape index (κ1) is 17.2. The van der Waals surface area contributed by atoms with E-state index in [1.54, 1.807) is 4.90 Å². The number of benzene rings is 1. The van der Waals surface area contributed by atoms with Gasteiger partial charge in [0, 0.05) is 18.8 Å². The number of urea groups is 1. The Labute approximate surface area is 136 Å². The van der Waals surface area contributed by atoms with Crippen molar-refractivity contribution in [3.8, 4) is 0 Å². The molecule has 5 nitrogen and oxygen atoms in total. The molecule has 1 aliphatic heterocycles. The average Bonchev–Trinajstić information content (AvgIpc) is 2.75. The summed E-state index contributed by atoms with van der Waals surface area (Å²) in [6.07, 6.45) is 5.53. The van der Waals surface area contributed by atoms with Gasteiger partial charge in [-0.15, -0.1) is 0 Å². The van der Waals surface area contributed by atoms with Gasteiger partial charge in [0.2, 0.25) is 0 Å². The second kappa shape index (κ2) is 7.94. The second-order valence-corrected chi connectivity index (χ2v) is 6.06. The zero-order chi connectivity index (χ0) is 16.8. The fourth-order valence-corrected chi connectivity index (χ4v) is 3.06. The Kier molecular flexibility index (Phi) is 5.96. The summed E-state index contributed by atoms with van der Waals surface area (Å²) >= 11 is 0. The number of nitrogens with zero attached hydrogens (tertiary/aromatic N) is 1. The Bertz CT molecular complexity index is 577. The third-order valence-corrected chi connectivity index (χ3v) is 4.31. The van der Waals surface area contributed by atoms with Crippen molar-refractivity contribution in [1.82, 2.24) is 4.90 Å². The number of rotatable bonds is 4. The van der Waals surface area contributed by atoms with E-state index in [4.69, 9.17) is 5.73 Å². The van der Waals surface area contributed by atoms with Crippen LogP contribution in [0, 0.1) is 11.7 Å². The quantitative estimate of drug-likeness (QED) is 0.892. The van der Waals surface area contributed by atoms with Gasteiger partial charge in [-0.2, -0.15) is 0 Å². The summed E-state index contributed by atoms with van der Waals surface area (Å²) in [6.45, 7) is 3.62. The summed E-state index contributed by atoms with van der Waals surface area (Å²) in [5.41, 5.74) is 5.27. The van der Waals surface area contributed by atoms with E-state index in [0.717, 1.165) is 38.4 Å². The fourth-order valence-electron chi connectivity index (χ4n) is 3.06. The molecule has 0 aromatic heterocycles. The van der Waals surface area contributed by atoms with Crippen molar-refractivity contribution in [3.63, 3.8) is 0 Å². The molecular formula is C17H24FN3O2. The normalized spacial score (nSPS) is 18.3. The number of carbonyl (C=O) groups excluding carboxylic acids is 2. The first-order valence-electron chi connectivity index (χ1n) is 8.16. The number of halogens is 1. The molecule has 0 aliphatic carbocycles. The molecule has 23 heavy (non-hydrogen) atoms. The van der Waals surface area contributed by atoms with Gasteiger partial charge in [-0.25, -0.2) is 9.18 Å². The number of hydrogen-bond acceptors (Lipinski definition) is 2. The lowest BCUT2D eigenvalue weighted by atomic mass is 9.96. The van der Waals surface area contributed by atoms with Crippen LogP contribution in [-0.2, 0) is 0 Å². The molecule has 0 spiro atoms. The monoisotopic (exact) mass is 321 g/mol. The third-order valence-electron chi connectivity index (χ3n) is 4.31. The number of primary amides is 1. The van der Waals surface area contributed by atoms with Crippen LogP contribution in [0.5, 0.6) is 0 Å². The molecule has 3 N–H and O–H groups in total.